The van der Waals surface area contributed by atoms with Gasteiger partial charge in [-0.1, -0.05) is 11.6 Å². The minimum Gasteiger partial charge on any atom is -0.383 e. The minimum atomic E-state index is -0.215. The van der Waals surface area contributed by atoms with Crippen LogP contribution in [-0.4, -0.2) is 31.2 Å². The number of benzene rings is 1. The van der Waals surface area contributed by atoms with Gasteiger partial charge in [-0.2, -0.15) is 0 Å². The van der Waals surface area contributed by atoms with Crippen molar-refractivity contribution >= 4 is 28.9 Å². The molecular weight excluding hydrogens is 302 g/mol. The lowest BCUT2D eigenvalue weighted by molar-refractivity contribution is 0.102. The van der Waals surface area contributed by atoms with Crippen LogP contribution in [0.25, 0.3) is 0 Å². The topological polar surface area (TPSA) is 63.2 Å². The fourth-order valence-electron chi connectivity index (χ4n) is 1.92. The lowest BCUT2D eigenvalue weighted by Crippen LogP contribution is -2.14. The minimum absolute atomic E-state index is 0.215. The Morgan fingerprint density at radius 1 is 1.32 bits per heavy atom. The predicted molar refractivity (Wildman–Crippen MR) is 88.7 cm³/mol. The van der Waals surface area contributed by atoms with Gasteiger partial charge in [0.2, 0.25) is 0 Å². The fraction of sp³-hybridized carbons (Fsp3) is 0.250. The molecule has 0 bridgehead atoms. The Hall–Kier alpha value is -2.11. The number of halogens is 1. The van der Waals surface area contributed by atoms with Crippen molar-refractivity contribution < 1.29 is 9.53 Å². The van der Waals surface area contributed by atoms with Crippen molar-refractivity contribution in [1.29, 1.82) is 0 Å². The smallest absolute Gasteiger partial charge is 0.257 e. The van der Waals surface area contributed by atoms with Gasteiger partial charge < -0.3 is 15.4 Å². The molecule has 1 amide bonds. The summed E-state index contributed by atoms with van der Waals surface area (Å²) in [4.78, 5) is 16.4. The summed E-state index contributed by atoms with van der Waals surface area (Å²) in [6.45, 7) is 3.13. The number of rotatable bonds is 6. The zero-order chi connectivity index (χ0) is 15.9. The number of aromatic nitrogens is 1. The van der Waals surface area contributed by atoms with E-state index in [2.05, 4.69) is 15.6 Å². The molecule has 116 valence electrons. The second-order valence-corrected chi connectivity index (χ2v) is 5.23. The van der Waals surface area contributed by atoms with E-state index in [0.29, 0.717) is 23.7 Å². The summed E-state index contributed by atoms with van der Waals surface area (Å²) in [6.07, 6.45) is 3.20. The maximum atomic E-state index is 12.3. The second-order valence-electron chi connectivity index (χ2n) is 4.80. The number of pyridine rings is 1. The van der Waals surface area contributed by atoms with Crippen LogP contribution in [0.4, 0.5) is 11.4 Å². The van der Waals surface area contributed by atoms with E-state index in [1.807, 2.05) is 6.92 Å². The second kappa shape index (κ2) is 7.77. The van der Waals surface area contributed by atoms with E-state index in [-0.39, 0.29) is 5.91 Å². The van der Waals surface area contributed by atoms with E-state index >= 15 is 0 Å². The summed E-state index contributed by atoms with van der Waals surface area (Å²) < 4.78 is 4.97. The van der Waals surface area contributed by atoms with Gasteiger partial charge in [-0.15, -0.1) is 0 Å². The number of methoxy groups -OCH3 is 1. The number of hydrogen-bond acceptors (Lipinski definition) is 4. The van der Waals surface area contributed by atoms with Crippen molar-refractivity contribution in [2.45, 2.75) is 6.92 Å². The van der Waals surface area contributed by atoms with Gasteiger partial charge in [0.25, 0.3) is 5.91 Å². The fourth-order valence-corrected chi connectivity index (χ4v) is 2.15. The summed E-state index contributed by atoms with van der Waals surface area (Å²) in [7, 11) is 1.64. The van der Waals surface area contributed by atoms with Crippen molar-refractivity contribution in [2.75, 3.05) is 30.9 Å². The van der Waals surface area contributed by atoms with Crippen LogP contribution in [0.3, 0.4) is 0 Å². The van der Waals surface area contributed by atoms with Crippen molar-refractivity contribution in [2.24, 2.45) is 0 Å². The Morgan fingerprint density at radius 2 is 2.14 bits per heavy atom. The molecular formula is C16H18ClN3O2. The number of nitrogens with zero attached hydrogens (tertiary/aromatic N) is 1. The molecule has 1 aromatic heterocycles. The third-order valence-corrected chi connectivity index (χ3v) is 3.31. The third-order valence-electron chi connectivity index (χ3n) is 3.07. The number of ether oxygens (including phenoxy) is 1. The highest BCUT2D eigenvalue weighted by atomic mass is 35.5. The van der Waals surface area contributed by atoms with Crippen LogP contribution >= 0.6 is 11.6 Å². The molecule has 0 unspecified atom stereocenters. The maximum absolute atomic E-state index is 12.3. The molecule has 1 heterocycles. The zero-order valence-electron chi connectivity index (χ0n) is 12.5. The lowest BCUT2D eigenvalue weighted by atomic mass is 10.2. The van der Waals surface area contributed by atoms with Crippen LogP contribution in [0.2, 0.25) is 5.02 Å². The molecule has 0 saturated carbocycles. The van der Waals surface area contributed by atoms with Gasteiger partial charge >= 0.3 is 0 Å². The van der Waals surface area contributed by atoms with Crippen molar-refractivity contribution in [3.8, 4) is 0 Å². The van der Waals surface area contributed by atoms with E-state index in [9.17, 15) is 4.79 Å². The van der Waals surface area contributed by atoms with Crippen molar-refractivity contribution in [3.05, 3.63) is 52.8 Å². The molecule has 2 N–H and O–H groups in total. The maximum Gasteiger partial charge on any atom is 0.257 e. The van der Waals surface area contributed by atoms with E-state index < -0.39 is 0 Å². The summed E-state index contributed by atoms with van der Waals surface area (Å²) >= 11 is 5.91. The normalized spacial score (nSPS) is 10.3. The molecule has 0 saturated heterocycles. The third kappa shape index (κ3) is 4.44. The Bertz CT molecular complexity index is 662. The molecule has 22 heavy (non-hydrogen) atoms. The highest BCUT2D eigenvalue weighted by Crippen LogP contribution is 2.20. The van der Waals surface area contributed by atoms with Gasteiger partial charge in [-0.3, -0.25) is 9.78 Å². The van der Waals surface area contributed by atoms with Crippen LogP contribution in [0.15, 0.2) is 36.7 Å². The highest BCUT2D eigenvalue weighted by molar-refractivity contribution is 6.30. The molecule has 2 rings (SSSR count). The number of aryl methyl sites for hydroxylation is 1. The van der Waals surface area contributed by atoms with Gasteiger partial charge in [0.1, 0.15) is 0 Å². The van der Waals surface area contributed by atoms with Crippen LogP contribution in [0, 0.1) is 6.92 Å². The first kappa shape index (κ1) is 16.3. The number of anilines is 2. The molecule has 0 fully saturated rings. The number of carbonyl (C=O) groups is 1. The zero-order valence-corrected chi connectivity index (χ0v) is 13.3. The van der Waals surface area contributed by atoms with E-state index in [4.69, 9.17) is 16.3 Å². The molecule has 0 atom stereocenters. The van der Waals surface area contributed by atoms with Crippen LogP contribution < -0.4 is 10.6 Å². The summed E-state index contributed by atoms with van der Waals surface area (Å²) in [5.74, 6) is -0.215. The first-order valence-corrected chi connectivity index (χ1v) is 7.23. The Morgan fingerprint density at radius 3 is 2.86 bits per heavy atom. The number of nitrogens with one attached hydrogen (secondary N) is 2. The van der Waals surface area contributed by atoms with Crippen LogP contribution in [-0.2, 0) is 4.74 Å². The Labute approximate surface area is 134 Å². The lowest BCUT2D eigenvalue weighted by Gasteiger charge is -2.10. The average Bonchev–Trinajstić information content (AvgIpc) is 2.50. The predicted octanol–water partition coefficient (Wildman–Crippen LogP) is 3.35. The van der Waals surface area contributed by atoms with Gasteiger partial charge in [0.05, 0.1) is 17.9 Å². The van der Waals surface area contributed by atoms with Crippen LogP contribution in [0.5, 0.6) is 0 Å². The molecule has 0 aliphatic heterocycles. The molecule has 0 spiro atoms. The number of hydrogen-bond donors (Lipinski definition) is 2. The summed E-state index contributed by atoms with van der Waals surface area (Å²) in [6, 6.07) is 7.08. The molecule has 0 aliphatic rings. The quantitative estimate of drug-likeness (QED) is 0.801. The first-order chi connectivity index (χ1) is 10.6. The van der Waals surface area contributed by atoms with E-state index in [1.165, 1.54) is 6.20 Å². The van der Waals surface area contributed by atoms with Crippen molar-refractivity contribution in [1.82, 2.24) is 4.98 Å². The Balaban J connectivity index is 2.07. The number of amides is 1. The molecule has 5 nitrogen and oxygen atoms in total. The van der Waals surface area contributed by atoms with E-state index in [1.54, 1.807) is 37.6 Å². The summed E-state index contributed by atoms with van der Waals surface area (Å²) in [5.41, 5.74) is 2.89. The van der Waals surface area contributed by atoms with Crippen LogP contribution in [0.1, 0.15) is 15.9 Å². The highest BCUT2D eigenvalue weighted by Gasteiger charge is 2.09. The first-order valence-electron chi connectivity index (χ1n) is 6.85. The monoisotopic (exact) mass is 319 g/mol. The van der Waals surface area contributed by atoms with Gasteiger partial charge in [-0.05, 0) is 36.8 Å². The molecule has 6 heteroatoms. The number of carbonyl (C=O) groups excluding carboxylic acids is 1. The molecule has 0 radical (unpaired) electrons. The molecule has 0 aliphatic carbocycles. The standard InChI is InChI=1S/C16H18ClN3O2/c1-11-7-13(17)3-4-15(11)20-16(21)12-8-14(10-18-9-12)19-5-6-22-2/h3-4,7-10,19H,5-6H2,1-2H3,(H,20,21). The average molecular weight is 320 g/mol. The Kier molecular flexibility index (Phi) is 5.75. The SMILES string of the molecule is COCCNc1cncc(C(=O)Nc2ccc(Cl)cc2C)c1. The van der Waals surface area contributed by atoms with Crippen molar-refractivity contribution in [3.63, 3.8) is 0 Å². The van der Waals surface area contributed by atoms with Gasteiger partial charge in [-0.25, -0.2) is 0 Å². The van der Waals surface area contributed by atoms with Gasteiger partial charge in [0.15, 0.2) is 0 Å². The molecule has 1 aromatic carbocycles. The van der Waals surface area contributed by atoms with E-state index in [0.717, 1.165) is 16.9 Å². The summed E-state index contributed by atoms with van der Waals surface area (Å²) in [5, 5.41) is 6.64. The van der Waals surface area contributed by atoms with Gasteiger partial charge in [0, 0.05) is 36.8 Å². The molecule has 2 aromatic rings. The largest absolute Gasteiger partial charge is 0.383 e.